The zero-order chi connectivity index (χ0) is 13.7. The van der Waals surface area contributed by atoms with Crippen molar-refractivity contribution in [3.63, 3.8) is 0 Å². The lowest BCUT2D eigenvalue weighted by atomic mass is 10.0. The quantitative estimate of drug-likeness (QED) is 0.613. The molecule has 4 heteroatoms. The molecule has 1 rings (SSSR count). The van der Waals surface area contributed by atoms with Crippen molar-refractivity contribution >= 4 is 17.4 Å². The molecule has 0 aliphatic heterocycles. The zero-order valence-electron chi connectivity index (χ0n) is 11.3. The van der Waals surface area contributed by atoms with Crippen LogP contribution in [0.25, 0.3) is 0 Å². The van der Waals surface area contributed by atoms with E-state index >= 15 is 0 Å². The van der Waals surface area contributed by atoms with E-state index in [4.69, 9.17) is 22.7 Å². The third-order valence-electron chi connectivity index (χ3n) is 3.44. The summed E-state index contributed by atoms with van der Waals surface area (Å²) in [5, 5.41) is 8.19. The number of nitrogens with one attached hydrogen (secondary N) is 1. The zero-order valence-corrected chi connectivity index (χ0v) is 12.0. The van der Waals surface area contributed by atoms with E-state index < -0.39 is 0 Å². The van der Waals surface area contributed by atoms with E-state index in [-0.39, 0.29) is 17.9 Å². The lowest BCUT2D eigenvalue weighted by molar-refractivity contribution is 0.183. The third kappa shape index (κ3) is 4.00. The second-order valence-electron chi connectivity index (χ2n) is 4.69. The van der Waals surface area contributed by atoms with Gasteiger partial charge in [-0.15, -0.1) is 0 Å². The molecule has 1 aromatic carbocycles. The van der Waals surface area contributed by atoms with Gasteiger partial charge in [-0.25, -0.2) is 0 Å². The van der Waals surface area contributed by atoms with Crippen LogP contribution in [0.4, 0.5) is 0 Å². The van der Waals surface area contributed by atoms with Gasteiger partial charge >= 0.3 is 0 Å². The first-order chi connectivity index (χ1) is 8.45. The first kappa shape index (κ1) is 15.0. The summed E-state index contributed by atoms with van der Waals surface area (Å²) in [4.78, 5) is 2.26. The van der Waals surface area contributed by atoms with Crippen molar-refractivity contribution in [2.75, 3.05) is 7.05 Å². The van der Waals surface area contributed by atoms with Gasteiger partial charge in [0.1, 0.15) is 0 Å². The number of hydrogen-bond acceptors (Lipinski definition) is 2. The fourth-order valence-electron chi connectivity index (χ4n) is 2.15. The Kier molecular flexibility index (Phi) is 5.63. The van der Waals surface area contributed by atoms with Gasteiger partial charge in [0, 0.05) is 23.5 Å². The van der Waals surface area contributed by atoms with Crippen LogP contribution in [-0.4, -0.2) is 23.8 Å². The Bertz CT molecular complexity index is 406. The molecule has 1 aromatic rings. The van der Waals surface area contributed by atoms with E-state index in [9.17, 15) is 0 Å². The molecular formula is C14H22ClN3. The maximum Gasteiger partial charge on any atom is 0.0921 e. The van der Waals surface area contributed by atoms with Crippen molar-refractivity contribution in [3.8, 4) is 0 Å². The fraction of sp³-hybridized carbons (Fsp3) is 0.500. The van der Waals surface area contributed by atoms with Gasteiger partial charge < -0.3 is 5.73 Å². The van der Waals surface area contributed by atoms with Crippen molar-refractivity contribution in [2.45, 2.75) is 38.8 Å². The molecule has 3 N–H and O–H groups in total. The van der Waals surface area contributed by atoms with Gasteiger partial charge in [-0.05, 0) is 38.1 Å². The third-order valence-corrected chi connectivity index (χ3v) is 3.68. The molecule has 0 amide bonds. The summed E-state index contributed by atoms with van der Waals surface area (Å²) in [5.41, 5.74) is 6.69. The van der Waals surface area contributed by atoms with Gasteiger partial charge in [0.05, 0.1) is 5.84 Å². The van der Waals surface area contributed by atoms with Gasteiger partial charge in [0.25, 0.3) is 0 Å². The standard InChI is InChI=1S/C14H22ClN3/c1-4-13(9-14(16)17)18(3)10(2)11-6-5-7-12(15)8-11/h5-8,10,13H,4,9H2,1-3H3,(H3,16,17). The molecule has 0 aliphatic carbocycles. The highest BCUT2D eigenvalue weighted by atomic mass is 35.5. The lowest BCUT2D eigenvalue weighted by Gasteiger charge is -2.32. The highest BCUT2D eigenvalue weighted by molar-refractivity contribution is 6.30. The summed E-state index contributed by atoms with van der Waals surface area (Å²) in [5.74, 6) is 0.243. The van der Waals surface area contributed by atoms with Crippen LogP contribution in [0.15, 0.2) is 24.3 Å². The van der Waals surface area contributed by atoms with Gasteiger partial charge in [0.15, 0.2) is 0 Å². The molecule has 0 bridgehead atoms. The Hall–Kier alpha value is -1.06. The first-order valence-corrected chi connectivity index (χ1v) is 6.63. The largest absolute Gasteiger partial charge is 0.388 e. The van der Waals surface area contributed by atoms with E-state index in [1.807, 2.05) is 18.2 Å². The fourth-order valence-corrected chi connectivity index (χ4v) is 2.35. The average molecular weight is 268 g/mol. The number of nitrogens with zero attached hydrogens (tertiary/aromatic N) is 1. The minimum absolute atomic E-state index is 0.243. The molecule has 0 aliphatic rings. The monoisotopic (exact) mass is 267 g/mol. The molecule has 0 spiro atoms. The Morgan fingerprint density at radius 2 is 2.17 bits per heavy atom. The summed E-state index contributed by atoms with van der Waals surface area (Å²) >= 11 is 6.02. The van der Waals surface area contributed by atoms with E-state index in [1.54, 1.807) is 0 Å². The molecule has 2 unspecified atom stereocenters. The molecule has 0 radical (unpaired) electrons. The van der Waals surface area contributed by atoms with Crippen molar-refractivity contribution in [3.05, 3.63) is 34.9 Å². The van der Waals surface area contributed by atoms with Gasteiger partial charge in [0.2, 0.25) is 0 Å². The van der Waals surface area contributed by atoms with Crippen LogP contribution in [0.2, 0.25) is 5.02 Å². The predicted molar refractivity (Wildman–Crippen MR) is 78.2 cm³/mol. The van der Waals surface area contributed by atoms with Crippen LogP contribution in [0, 0.1) is 5.41 Å². The van der Waals surface area contributed by atoms with Gasteiger partial charge in [-0.2, -0.15) is 0 Å². The maximum absolute atomic E-state index is 7.43. The number of nitrogens with two attached hydrogens (primary N) is 1. The normalized spacial score (nSPS) is 14.5. The first-order valence-electron chi connectivity index (χ1n) is 6.26. The van der Waals surface area contributed by atoms with Crippen molar-refractivity contribution in [1.29, 1.82) is 5.41 Å². The topological polar surface area (TPSA) is 53.1 Å². The van der Waals surface area contributed by atoms with Crippen molar-refractivity contribution in [1.82, 2.24) is 4.90 Å². The Morgan fingerprint density at radius 3 is 2.67 bits per heavy atom. The lowest BCUT2D eigenvalue weighted by Crippen LogP contribution is -2.36. The Labute approximate surface area is 114 Å². The van der Waals surface area contributed by atoms with Crippen LogP contribution >= 0.6 is 11.6 Å². The van der Waals surface area contributed by atoms with Crippen molar-refractivity contribution in [2.24, 2.45) is 5.73 Å². The molecular weight excluding hydrogens is 246 g/mol. The molecule has 100 valence electrons. The van der Waals surface area contributed by atoms with E-state index in [0.717, 1.165) is 11.4 Å². The van der Waals surface area contributed by atoms with Crippen molar-refractivity contribution < 1.29 is 0 Å². The molecule has 0 aromatic heterocycles. The van der Waals surface area contributed by atoms with Crippen LogP contribution in [0.1, 0.15) is 38.3 Å². The Balaban J connectivity index is 2.81. The van der Waals surface area contributed by atoms with Gasteiger partial charge in [-0.3, -0.25) is 10.3 Å². The maximum atomic E-state index is 7.43. The predicted octanol–water partition coefficient (Wildman–Crippen LogP) is 3.44. The van der Waals surface area contributed by atoms with Crippen LogP contribution in [0.3, 0.4) is 0 Å². The van der Waals surface area contributed by atoms with E-state index in [1.165, 1.54) is 5.56 Å². The average Bonchev–Trinajstić information content (AvgIpc) is 2.34. The highest BCUT2D eigenvalue weighted by Crippen LogP contribution is 2.25. The second-order valence-corrected chi connectivity index (χ2v) is 5.12. The summed E-state index contributed by atoms with van der Waals surface area (Å²) in [7, 11) is 2.07. The minimum atomic E-state index is 0.243. The minimum Gasteiger partial charge on any atom is -0.388 e. The Morgan fingerprint density at radius 1 is 1.50 bits per heavy atom. The number of hydrogen-bond donors (Lipinski definition) is 2. The number of benzene rings is 1. The summed E-state index contributed by atoms with van der Waals surface area (Å²) in [6.45, 7) is 4.27. The molecule has 0 saturated heterocycles. The van der Waals surface area contributed by atoms with Gasteiger partial charge in [-0.1, -0.05) is 30.7 Å². The summed E-state index contributed by atoms with van der Waals surface area (Å²) in [6.07, 6.45) is 1.58. The van der Waals surface area contributed by atoms with Crippen LogP contribution < -0.4 is 5.73 Å². The highest BCUT2D eigenvalue weighted by Gasteiger charge is 2.20. The van der Waals surface area contributed by atoms with E-state index in [0.29, 0.717) is 6.42 Å². The SMILES string of the molecule is CCC(CC(=N)N)N(C)C(C)c1cccc(Cl)c1. The number of halogens is 1. The molecule has 0 saturated carbocycles. The summed E-state index contributed by atoms with van der Waals surface area (Å²) in [6, 6.07) is 8.46. The van der Waals surface area contributed by atoms with Crippen LogP contribution in [-0.2, 0) is 0 Å². The number of amidine groups is 1. The molecule has 0 fully saturated rings. The van der Waals surface area contributed by atoms with E-state index in [2.05, 4.69) is 31.9 Å². The smallest absolute Gasteiger partial charge is 0.0921 e. The number of rotatable bonds is 6. The molecule has 0 heterocycles. The molecule has 2 atom stereocenters. The summed E-state index contributed by atoms with van der Waals surface area (Å²) < 4.78 is 0. The van der Waals surface area contributed by atoms with Crippen LogP contribution in [0.5, 0.6) is 0 Å². The molecule has 18 heavy (non-hydrogen) atoms. The second kappa shape index (κ2) is 6.76. The molecule has 3 nitrogen and oxygen atoms in total.